The summed E-state index contributed by atoms with van der Waals surface area (Å²) in [5, 5.41) is 2.71. The summed E-state index contributed by atoms with van der Waals surface area (Å²) in [4.78, 5) is 24.2. The standard InChI is InChI=1S/C12H12N4O3S/c17-12(16-9-1-4-20(18,19)7-9)8-5-10-11(15-6-8)14-3-2-13-10/h2-3,5-6,9H,1,4,7H2,(H,16,17). The van der Waals surface area contributed by atoms with Crippen molar-refractivity contribution in [2.24, 2.45) is 0 Å². The van der Waals surface area contributed by atoms with Gasteiger partial charge in [-0.25, -0.2) is 18.4 Å². The summed E-state index contributed by atoms with van der Waals surface area (Å²) in [6.07, 6.45) is 4.92. The highest BCUT2D eigenvalue weighted by molar-refractivity contribution is 7.91. The van der Waals surface area contributed by atoms with Gasteiger partial charge in [0.2, 0.25) is 0 Å². The number of nitrogens with zero attached hydrogens (tertiary/aromatic N) is 3. The van der Waals surface area contributed by atoms with Crippen LogP contribution in [0.3, 0.4) is 0 Å². The zero-order valence-corrected chi connectivity index (χ0v) is 11.3. The molecule has 0 spiro atoms. The maximum absolute atomic E-state index is 12.1. The number of sulfone groups is 1. The molecular formula is C12H12N4O3S. The molecule has 1 aliphatic heterocycles. The van der Waals surface area contributed by atoms with Gasteiger partial charge in [0.15, 0.2) is 15.5 Å². The van der Waals surface area contributed by atoms with E-state index in [0.29, 0.717) is 23.1 Å². The molecule has 1 saturated heterocycles. The highest BCUT2D eigenvalue weighted by Crippen LogP contribution is 2.13. The predicted octanol–water partition coefficient (Wildman–Crippen LogP) is -0.0583. The molecule has 8 heteroatoms. The van der Waals surface area contributed by atoms with E-state index < -0.39 is 9.84 Å². The molecule has 1 fully saturated rings. The lowest BCUT2D eigenvalue weighted by molar-refractivity contribution is 0.0941. The first-order valence-corrected chi connectivity index (χ1v) is 7.94. The Morgan fingerprint density at radius 3 is 2.80 bits per heavy atom. The second-order valence-corrected chi connectivity index (χ2v) is 6.93. The summed E-state index contributed by atoms with van der Waals surface area (Å²) in [6.45, 7) is 0. The average Bonchev–Trinajstić information content (AvgIpc) is 2.77. The molecule has 2 aromatic rings. The third kappa shape index (κ3) is 2.60. The highest BCUT2D eigenvalue weighted by atomic mass is 32.2. The molecule has 7 nitrogen and oxygen atoms in total. The van der Waals surface area contributed by atoms with Gasteiger partial charge in [-0.2, -0.15) is 0 Å². The molecule has 3 rings (SSSR count). The summed E-state index contributed by atoms with van der Waals surface area (Å²) in [5.74, 6) is -0.217. The predicted molar refractivity (Wildman–Crippen MR) is 71.9 cm³/mol. The first-order valence-electron chi connectivity index (χ1n) is 6.11. The fourth-order valence-electron chi connectivity index (χ4n) is 2.16. The number of carbonyl (C=O) groups excluding carboxylic acids is 1. The van der Waals surface area contributed by atoms with E-state index in [1.165, 1.54) is 18.6 Å². The Kier molecular flexibility index (Phi) is 3.09. The number of amides is 1. The minimum Gasteiger partial charge on any atom is -0.348 e. The van der Waals surface area contributed by atoms with Crippen LogP contribution < -0.4 is 5.32 Å². The molecule has 0 aliphatic carbocycles. The van der Waals surface area contributed by atoms with Crippen LogP contribution in [0.5, 0.6) is 0 Å². The van der Waals surface area contributed by atoms with E-state index in [1.54, 1.807) is 6.07 Å². The molecule has 2 aromatic heterocycles. The van der Waals surface area contributed by atoms with Crippen LogP contribution in [0, 0.1) is 0 Å². The number of fused-ring (bicyclic) bond motifs is 1. The summed E-state index contributed by atoms with van der Waals surface area (Å²) < 4.78 is 22.7. The third-order valence-electron chi connectivity index (χ3n) is 3.15. The van der Waals surface area contributed by atoms with Crippen molar-refractivity contribution < 1.29 is 13.2 Å². The van der Waals surface area contributed by atoms with Gasteiger partial charge in [-0.15, -0.1) is 0 Å². The van der Waals surface area contributed by atoms with Gasteiger partial charge in [0.05, 0.1) is 17.1 Å². The quantitative estimate of drug-likeness (QED) is 0.832. The van der Waals surface area contributed by atoms with E-state index in [4.69, 9.17) is 0 Å². The lowest BCUT2D eigenvalue weighted by Gasteiger charge is -2.10. The van der Waals surface area contributed by atoms with Crippen LogP contribution in [0.15, 0.2) is 24.7 Å². The Morgan fingerprint density at radius 1 is 1.25 bits per heavy atom. The monoisotopic (exact) mass is 292 g/mol. The number of hydrogen-bond donors (Lipinski definition) is 1. The van der Waals surface area contributed by atoms with E-state index >= 15 is 0 Å². The number of carbonyl (C=O) groups is 1. The molecule has 1 amide bonds. The lowest BCUT2D eigenvalue weighted by Crippen LogP contribution is -2.35. The van der Waals surface area contributed by atoms with E-state index in [1.807, 2.05) is 0 Å². The fourth-order valence-corrected chi connectivity index (χ4v) is 3.83. The largest absolute Gasteiger partial charge is 0.348 e. The van der Waals surface area contributed by atoms with Gasteiger partial charge in [-0.1, -0.05) is 0 Å². The van der Waals surface area contributed by atoms with Gasteiger partial charge in [0.1, 0.15) is 5.52 Å². The topological polar surface area (TPSA) is 102 Å². The molecule has 0 saturated carbocycles. The van der Waals surface area contributed by atoms with Crippen molar-refractivity contribution in [3.05, 3.63) is 30.2 Å². The summed E-state index contributed by atoms with van der Waals surface area (Å²) in [5.41, 5.74) is 1.34. The van der Waals surface area contributed by atoms with Gasteiger partial charge in [0.25, 0.3) is 5.91 Å². The maximum atomic E-state index is 12.1. The Morgan fingerprint density at radius 2 is 2.05 bits per heavy atom. The molecule has 104 valence electrons. The molecule has 1 N–H and O–H groups in total. The molecule has 0 bridgehead atoms. The van der Waals surface area contributed by atoms with Crippen LogP contribution in [-0.4, -0.2) is 46.8 Å². The van der Waals surface area contributed by atoms with Crippen LogP contribution >= 0.6 is 0 Å². The number of nitrogens with one attached hydrogen (secondary N) is 1. The maximum Gasteiger partial charge on any atom is 0.253 e. The zero-order chi connectivity index (χ0) is 14.2. The van der Waals surface area contributed by atoms with Crippen LogP contribution in [-0.2, 0) is 9.84 Å². The van der Waals surface area contributed by atoms with Crippen molar-refractivity contribution in [2.75, 3.05) is 11.5 Å². The molecule has 20 heavy (non-hydrogen) atoms. The molecule has 0 aromatic carbocycles. The highest BCUT2D eigenvalue weighted by Gasteiger charge is 2.29. The minimum atomic E-state index is -3.01. The Balaban J connectivity index is 1.79. The number of pyridine rings is 1. The van der Waals surface area contributed by atoms with Crippen molar-refractivity contribution in [3.63, 3.8) is 0 Å². The summed E-state index contributed by atoms with van der Waals surface area (Å²) in [6, 6.07) is 1.26. The fraction of sp³-hybridized carbons (Fsp3) is 0.333. The third-order valence-corrected chi connectivity index (χ3v) is 4.92. The van der Waals surface area contributed by atoms with E-state index in [0.717, 1.165) is 0 Å². The average molecular weight is 292 g/mol. The van der Waals surface area contributed by atoms with E-state index in [-0.39, 0.29) is 23.5 Å². The van der Waals surface area contributed by atoms with Crippen molar-refractivity contribution in [2.45, 2.75) is 12.5 Å². The lowest BCUT2D eigenvalue weighted by atomic mass is 10.2. The van der Waals surface area contributed by atoms with Crippen LogP contribution in [0.4, 0.5) is 0 Å². The zero-order valence-electron chi connectivity index (χ0n) is 10.5. The molecule has 0 radical (unpaired) electrons. The van der Waals surface area contributed by atoms with Crippen molar-refractivity contribution in [3.8, 4) is 0 Å². The normalized spacial score (nSPS) is 20.9. The Bertz CT molecular complexity index is 775. The molecular weight excluding hydrogens is 280 g/mol. The molecule has 1 atom stereocenters. The smallest absolute Gasteiger partial charge is 0.253 e. The number of rotatable bonds is 2. The Hall–Kier alpha value is -2.09. The van der Waals surface area contributed by atoms with Gasteiger partial charge in [-0.05, 0) is 12.5 Å². The van der Waals surface area contributed by atoms with Gasteiger partial charge in [0, 0.05) is 24.6 Å². The van der Waals surface area contributed by atoms with Crippen molar-refractivity contribution >= 4 is 26.9 Å². The second kappa shape index (κ2) is 4.78. The van der Waals surface area contributed by atoms with Gasteiger partial charge >= 0.3 is 0 Å². The van der Waals surface area contributed by atoms with Crippen LogP contribution in [0.25, 0.3) is 11.2 Å². The van der Waals surface area contributed by atoms with E-state index in [2.05, 4.69) is 20.3 Å². The van der Waals surface area contributed by atoms with E-state index in [9.17, 15) is 13.2 Å². The van der Waals surface area contributed by atoms with Gasteiger partial charge in [-0.3, -0.25) is 9.78 Å². The SMILES string of the molecule is O=C(NC1CCS(=O)(=O)C1)c1cnc2nccnc2c1. The summed E-state index contributed by atoms with van der Waals surface area (Å²) in [7, 11) is -3.01. The molecule has 3 heterocycles. The first kappa shape index (κ1) is 12.9. The van der Waals surface area contributed by atoms with Crippen molar-refractivity contribution in [1.82, 2.24) is 20.3 Å². The van der Waals surface area contributed by atoms with Crippen molar-refractivity contribution in [1.29, 1.82) is 0 Å². The van der Waals surface area contributed by atoms with Crippen LogP contribution in [0.2, 0.25) is 0 Å². The Labute approximate surface area is 115 Å². The number of hydrogen-bond acceptors (Lipinski definition) is 6. The first-order chi connectivity index (χ1) is 9.53. The molecule has 1 aliphatic rings. The second-order valence-electron chi connectivity index (χ2n) is 4.70. The molecule has 1 unspecified atom stereocenters. The number of aromatic nitrogens is 3. The van der Waals surface area contributed by atoms with Crippen LogP contribution in [0.1, 0.15) is 16.8 Å². The van der Waals surface area contributed by atoms with Gasteiger partial charge < -0.3 is 5.32 Å². The summed E-state index contributed by atoms with van der Waals surface area (Å²) >= 11 is 0. The minimum absolute atomic E-state index is 0.000441.